The molecule has 0 saturated carbocycles. The maximum Gasteiger partial charge on any atom is 0.289 e. The van der Waals surface area contributed by atoms with Crippen molar-refractivity contribution < 1.29 is 19.2 Å². The Morgan fingerprint density at radius 3 is 2.20 bits per heavy atom. The third-order valence-electron chi connectivity index (χ3n) is 2.44. The Hall–Kier alpha value is -1.96. The lowest BCUT2D eigenvalue weighted by molar-refractivity contribution is -0.139. The topological polar surface area (TPSA) is 130 Å². The highest BCUT2D eigenvalue weighted by molar-refractivity contribution is 6.38. The Labute approximate surface area is 117 Å². The largest absolute Gasteiger partial charge is 0.368 e. The number of hydrogen-bond acceptors (Lipinski definition) is 5. The maximum absolute atomic E-state index is 11.8. The van der Waals surface area contributed by atoms with Gasteiger partial charge in [0.25, 0.3) is 5.91 Å². The number of Topliss-reactive ketones (excluding diaryl/α,β-unsaturated/α-hetero) is 1. The van der Waals surface area contributed by atoms with E-state index in [1.807, 2.05) is 13.8 Å². The summed E-state index contributed by atoms with van der Waals surface area (Å²) in [6.07, 6.45) is 1.31. The second-order valence-electron chi connectivity index (χ2n) is 4.19. The van der Waals surface area contributed by atoms with Crippen molar-refractivity contribution in [3.63, 3.8) is 0 Å². The van der Waals surface area contributed by atoms with Crippen LogP contribution >= 0.6 is 0 Å². The van der Waals surface area contributed by atoms with Crippen molar-refractivity contribution in [2.75, 3.05) is 19.6 Å². The van der Waals surface area contributed by atoms with E-state index in [0.29, 0.717) is 13.0 Å². The number of nitrogens with two attached hydrogens (primary N) is 1. The first kappa shape index (κ1) is 18.0. The van der Waals surface area contributed by atoms with Gasteiger partial charge in [-0.15, -0.1) is 0 Å². The molecule has 0 aliphatic carbocycles. The van der Waals surface area contributed by atoms with Crippen LogP contribution in [0.3, 0.4) is 0 Å². The number of amides is 3. The summed E-state index contributed by atoms with van der Waals surface area (Å²) in [5, 5.41) is 7.33. The molecule has 1 unspecified atom stereocenters. The van der Waals surface area contributed by atoms with Crippen LogP contribution in [0.25, 0.3) is 0 Å². The molecule has 0 saturated heterocycles. The molecular weight excluding hydrogens is 264 g/mol. The van der Waals surface area contributed by atoms with Crippen molar-refractivity contribution in [3.05, 3.63) is 0 Å². The second kappa shape index (κ2) is 9.90. The van der Waals surface area contributed by atoms with Gasteiger partial charge in [-0.2, -0.15) is 0 Å². The molecule has 0 aromatic rings. The number of ketones is 1. The molecule has 0 aliphatic heterocycles. The van der Waals surface area contributed by atoms with Gasteiger partial charge in [0.05, 0.1) is 19.1 Å². The number of primary amides is 1. The summed E-state index contributed by atoms with van der Waals surface area (Å²) in [5.41, 5.74) is 4.85. The lowest BCUT2D eigenvalue weighted by Crippen LogP contribution is -2.48. The standard InChI is InChI=1S/C12H22N4O4/c1-3-5-8(14-4-2)11(19)12(20)16-7-10(18)15-6-9(13)17/h8,14H,3-7H2,1-2H3,(H2,13,17)(H,15,18)(H,16,20). The molecule has 0 fully saturated rings. The van der Waals surface area contributed by atoms with Gasteiger partial charge >= 0.3 is 0 Å². The normalized spacial score (nSPS) is 11.5. The lowest BCUT2D eigenvalue weighted by atomic mass is 10.1. The minimum absolute atomic E-state index is 0.307. The third-order valence-corrected chi connectivity index (χ3v) is 2.44. The van der Waals surface area contributed by atoms with E-state index in [-0.39, 0.29) is 13.1 Å². The minimum atomic E-state index is -0.821. The summed E-state index contributed by atoms with van der Waals surface area (Å²) in [4.78, 5) is 45.1. The van der Waals surface area contributed by atoms with Gasteiger partial charge in [-0.25, -0.2) is 0 Å². The minimum Gasteiger partial charge on any atom is -0.368 e. The van der Waals surface area contributed by atoms with Crippen LogP contribution in [-0.4, -0.2) is 49.2 Å². The van der Waals surface area contributed by atoms with Gasteiger partial charge in [-0.1, -0.05) is 20.3 Å². The van der Waals surface area contributed by atoms with E-state index in [1.54, 1.807) is 0 Å². The summed E-state index contributed by atoms with van der Waals surface area (Å²) in [6.45, 7) is 3.64. The average molecular weight is 286 g/mol. The van der Waals surface area contributed by atoms with E-state index in [2.05, 4.69) is 16.0 Å². The first-order chi connectivity index (χ1) is 9.42. The van der Waals surface area contributed by atoms with E-state index in [0.717, 1.165) is 6.42 Å². The molecule has 114 valence electrons. The number of carbonyl (C=O) groups is 4. The van der Waals surface area contributed by atoms with Crippen molar-refractivity contribution in [2.45, 2.75) is 32.7 Å². The van der Waals surface area contributed by atoms with Crippen LogP contribution in [0.15, 0.2) is 0 Å². The molecule has 0 bridgehead atoms. The van der Waals surface area contributed by atoms with Crippen LogP contribution in [0.4, 0.5) is 0 Å². The molecular formula is C12H22N4O4. The predicted molar refractivity (Wildman–Crippen MR) is 72.6 cm³/mol. The predicted octanol–water partition coefficient (Wildman–Crippen LogP) is -1.95. The molecule has 5 N–H and O–H groups in total. The summed E-state index contributed by atoms with van der Waals surface area (Å²) in [6, 6.07) is -0.543. The molecule has 0 spiro atoms. The maximum atomic E-state index is 11.8. The van der Waals surface area contributed by atoms with Crippen molar-refractivity contribution >= 4 is 23.5 Å². The fourth-order valence-electron chi connectivity index (χ4n) is 1.52. The summed E-state index contributed by atoms with van der Waals surface area (Å²) < 4.78 is 0. The van der Waals surface area contributed by atoms with Crippen molar-refractivity contribution in [1.82, 2.24) is 16.0 Å². The molecule has 8 heteroatoms. The SMILES string of the molecule is CCCC(NCC)C(=O)C(=O)NCC(=O)NCC(N)=O. The molecule has 8 nitrogen and oxygen atoms in total. The van der Waals surface area contributed by atoms with Crippen LogP contribution in [0.5, 0.6) is 0 Å². The number of rotatable bonds is 10. The van der Waals surface area contributed by atoms with Crippen LogP contribution < -0.4 is 21.7 Å². The molecule has 0 aliphatic rings. The number of carbonyl (C=O) groups excluding carboxylic acids is 4. The zero-order chi connectivity index (χ0) is 15.5. The molecule has 20 heavy (non-hydrogen) atoms. The van der Waals surface area contributed by atoms with Gasteiger partial charge in [0.2, 0.25) is 17.6 Å². The van der Waals surface area contributed by atoms with Crippen LogP contribution in [0.2, 0.25) is 0 Å². The van der Waals surface area contributed by atoms with E-state index < -0.39 is 29.5 Å². The van der Waals surface area contributed by atoms with Gasteiger partial charge in [-0.3, -0.25) is 19.2 Å². The van der Waals surface area contributed by atoms with Gasteiger partial charge in [-0.05, 0) is 13.0 Å². The first-order valence-corrected chi connectivity index (χ1v) is 6.52. The van der Waals surface area contributed by atoms with Gasteiger partial charge in [0.15, 0.2) is 0 Å². The molecule has 0 aromatic heterocycles. The Balaban J connectivity index is 4.20. The monoisotopic (exact) mass is 286 g/mol. The average Bonchev–Trinajstić information content (AvgIpc) is 2.41. The van der Waals surface area contributed by atoms with Crippen LogP contribution in [-0.2, 0) is 19.2 Å². The Bertz CT molecular complexity index is 364. The Morgan fingerprint density at radius 1 is 1.05 bits per heavy atom. The molecule has 0 heterocycles. The fourth-order valence-corrected chi connectivity index (χ4v) is 1.52. The third kappa shape index (κ3) is 7.47. The fraction of sp³-hybridized carbons (Fsp3) is 0.667. The Kier molecular flexibility index (Phi) is 8.93. The zero-order valence-electron chi connectivity index (χ0n) is 11.8. The summed E-state index contributed by atoms with van der Waals surface area (Å²) in [5.74, 6) is -2.69. The zero-order valence-corrected chi connectivity index (χ0v) is 11.8. The molecule has 1 atom stereocenters. The van der Waals surface area contributed by atoms with Crippen LogP contribution in [0.1, 0.15) is 26.7 Å². The first-order valence-electron chi connectivity index (χ1n) is 6.52. The highest BCUT2D eigenvalue weighted by Gasteiger charge is 2.23. The quantitative estimate of drug-likeness (QED) is 0.347. The molecule has 0 rings (SSSR count). The number of likely N-dealkylation sites (N-methyl/N-ethyl adjacent to an activating group) is 1. The van der Waals surface area contributed by atoms with E-state index in [9.17, 15) is 19.2 Å². The second-order valence-corrected chi connectivity index (χ2v) is 4.19. The van der Waals surface area contributed by atoms with E-state index in [4.69, 9.17) is 5.73 Å². The van der Waals surface area contributed by atoms with Crippen molar-refractivity contribution in [2.24, 2.45) is 5.73 Å². The number of hydrogen-bond donors (Lipinski definition) is 4. The highest BCUT2D eigenvalue weighted by atomic mass is 16.2. The lowest BCUT2D eigenvalue weighted by Gasteiger charge is -2.15. The van der Waals surface area contributed by atoms with Crippen LogP contribution in [0, 0.1) is 0 Å². The highest BCUT2D eigenvalue weighted by Crippen LogP contribution is 1.98. The van der Waals surface area contributed by atoms with Gasteiger partial charge in [0.1, 0.15) is 0 Å². The van der Waals surface area contributed by atoms with E-state index >= 15 is 0 Å². The summed E-state index contributed by atoms with van der Waals surface area (Å²) in [7, 11) is 0. The van der Waals surface area contributed by atoms with Gasteiger partial charge < -0.3 is 21.7 Å². The molecule has 0 radical (unpaired) electrons. The van der Waals surface area contributed by atoms with Crippen molar-refractivity contribution in [3.8, 4) is 0 Å². The van der Waals surface area contributed by atoms with E-state index in [1.165, 1.54) is 0 Å². The summed E-state index contributed by atoms with van der Waals surface area (Å²) >= 11 is 0. The van der Waals surface area contributed by atoms with Crippen molar-refractivity contribution in [1.29, 1.82) is 0 Å². The molecule has 0 aromatic carbocycles. The molecule has 3 amide bonds. The Morgan fingerprint density at radius 2 is 1.70 bits per heavy atom. The smallest absolute Gasteiger partial charge is 0.289 e. The van der Waals surface area contributed by atoms with Gasteiger partial charge in [0, 0.05) is 0 Å². The number of nitrogens with one attached hydrogen (secondary N) is 3.